The highest BCUT2D eigenvalue weighted by Gasteiger charge is 2.14. The van der Waals surface area contributed by atoms with Gasteiger partial charge in [0.15, 0.2) is 0 Å². The van der Waals surface area contributed by atoms with E-state index in [2.05, 4.69) is 44.0 Å². The molecule has 0 saturated carbocycles. The third-order valence-corrected chi connectivity index (χ3v) is 4.72. The molecule has 0 bridgehead atoms. The van der Waals surface area contributed by atoms with E-state index in [-0.39, 0.29) is 10.9 Å². The maximum Gasteiger partial charge on any atom is 0.119 e. The van der Waals surface area contributed by atoms with E-state index in [1.807, 2.05) is 44.2 Å². The lowest BCUT2D eigenvalue weighted by molar-refractivity contribution is 0.242. The van der Waals surface area contributed by atoms with Gasteiger partial charge in [-0.1, -0.05) is 61.7 Å². The Morgan fingerprint density at radius 2 is 1.70 bits per heavy atom. The van der Waals surface area contributed by atoms with Crippen LogP contribution in [0, 0.1) is 0 Å². The highest BCUT2D eigenvalue weighted by Crippen LogP contribution is 2.37. The maximum absolute atomic E-state index is 5.97. The van der Waals surface area contributed by atoms with Gasteiger partial charge >= 0.3 is 0 Å². The van der Waals surface area contributed by atoms with Crippen LogP contribution in [0.2, 0.25) is 5.02 Å². The summed E-state index contributed by atoms with van der Waals surface area (Å²) < 4.78 is 6.65. The third-order valence-electron chi connectivity index (χ3n) is 2.78. The molecule has 0 aromatic heterocycles. The molecule has 0 aliphatic heterocycles. The van der Waals surface area contributed by atoms with Gasteiger partial charge in [0.1, 0.15) is 5.75 Å². The number of hydrogen-bond donors (Lipinski definition) is 0. The fraction of sp³-hybridized carbons (Fsp3) is 0.250. The lowest BCUT2D eigenvalue weighted by Crippen LogP contribution is -2.05. The fourth-order valence-electron chi connectivity index (χ4n) is 1.87. The molecule has 1 nitrogen and oxygen atoms in total. The quantitative estimate of drug-likeness (QED) is 0.524. The summed E-state index contributed by atoms with van der Waals surface area (Å²) in [7, 11) is 0. The van der Waals surface area contributed by atoms with Crippen LogP contribution in [-0.2, 0) is 0 Å². The first-order chi connectivity index (χ1) is 9.47. The Morgan fingerprint density at radius 3 is 2.25 bits per heavy atom. The van der Waals surface area contributed by atoms with Crippen molar-refractivity contribution in [2.45, 2.75) is 24.8 Å². The smallest absolute Gasteiger partial charge is 0.119 e. The van der Waals surface area contributed by atoms with Gasteiger partial charge in [-0.3, -0.25) is 0 Å². The molecule has 0 heterocycles. The van der Waals surface area contributed by atoms with Crippen LogP contribution in [-0.4, -0.2) is 6.10 Å². The van der Waals surface area contributed by atoms with Crippen molar-refractivity contribution in [1.82, 2.24) is 0 Å². The zero-order valence-electron chi connectivity index (χ0n) is 11.2. The number of benzene rings is 2. The topological polar surface area (TPSA) is 9.23 Å². The van der Waals surface area contributed by atoms with Crippen molar-refractivity contribution in [3.8, 4) is 5.75 Å². The molecule has 4 heteroatoms. The molecule has 106 valence electrons. The Hall–Kier alpha value is -0.510. The van der Waals surface area contributed by atoms with Crippen molar-refractivity contribution < 1.29 is 4.74 Å². The fourth-order valence-corrected chi connectivity index (χ4v) is 3.80. The van der Waals surface area contributed by atoms with Crippen LogP contribution in [0.4, 0.5) is 0 Å². The summed E-state index contributed by atoms with van der Waals surface area (Å²) in [6, 6.07) is 13.9. The predicted molar refractivity (Wildman–Crippen MR) is 92.1 cm³/mol. The first-order valence-electron chi connectivity index (χ1n) is 6.33. The van der Waals surface area contributed by atoms with E-state index in [0.717, 1.165) is 20.8 Å². The SMILES string of the molecule is CC(C)Oc1ccc(C(Br)c2ccc(Cl)cc2Br)cc1. The maximum atomic E-state index is 5.97. The number of rotatable bonds is 4. The van der Waals surface area contributed by atoms with Crippen LogP contribution in [0.25, 0.3) is 0 Å². The van der Waals surface area contributed by atoms with Crippen LogP contribution in [0.3, 0.4) is 0 Å². The molecule has 0 aliphatic carbocycles. The Kier molecular flexibility index (Phi) is 5.53. The van der Waals surface area contributed by atoms with Gasteiger partial charge in [-0.25, -0.2) is 0 Å². The van der Waals surface area contributed by atoms with Gasteiger partial charge in [0.25, 0.3) is 0 Å². The summed E-state index contributed by atoms with van der Waals surface area (Å²) in [6.07, 6.45) is 0.186. The largest absolute Gasteiger partial charge is 0.491 e. The Bertz CT molecular complexity index is 582. The molecule has 2 aromatic carbocycles. The molecule has 0 radical (unpaired) electrons. The number of alkyl halides is 1. The van der Waals surface area contributed by atoms with E-state index in [1.165, 1.54) is 5.56 Å². The standard InChI is InChI=1S/C16H15Br2ClO/c1-10(2)20-13-6-3-11(4-7-13)16(18)14-8-5-12(19)9-15(14)17/h3-10,16H,1-2H3. The molecule has 20 heavy (non-hydrogen) atoms. The highest BCUT2D eigenvalue weighted by atomic mass is 79.9. The van der Waals surface area contributed by atoms with Crippen molar-refractivity contribution in [3.05, 3.63) is 63.1 Å². The Morgan fingerprint density at radius 1 is 1.05 bits per heavy atom. The molecule has 2 rings (SSSR count). The minimum Gasteiger partial charge on any atom is -0.491 e. The van der Waals surface area contributed by atoms with E-state index in [0.29, 0.717) is 0 Å². The molecule has 0 spiro atoms. The average Bonchev–Trinajstić information content (AvgIpc) is 2.38. The van der Waals surface area contributed by atoms with Crippen molar-refractivity contribution in [3.63, 3.8) is 0 Å². The molecule has 2 aromatic rings. The molecule has 0 amide bonds. The molecule has 1 atom stereocenters. The molecular formula is C16H15Br2ClO. The summed E-state index contributed by atoms with van der Waals surface area (Å²) in [5.74, 6) is 0.888. The van der Waals surface area contributed by atoms with Crippen molar-refractivity contribution in [2.24, 2.45) is 0 Å². The summed E-state index contributed by atoms with van der Waals surface area (Å²) in [5, 5.41) is 0.723. The first kappa shape index (κ1) is 15.9. The van der Waals surface area contributed by atoms with Crippen LogP contribution < -0.4 is 4.74 Å². The highest BCUT2D eigenvalue weighted by molar-refractivity contribution is 9.11. The van der Waals surface area contributed by atoms with E-state index < -0.39 is 0 Å². The van der Waals surface area contributed by atoms with Gasteiger partial charge in [0.2, 0.25) is 0 Å². The van der Waals surface area contributed by atoms with Crippen LogP contribution in [0.1, 0.15) is 29.8 Å². The summed E-state index contributed by atoms with van der Waals surface area (Å²) in [6.45, 7) is 4.04. The van der Waals surface area contributed by atoms with Crippen LogP contribution >= 0.6 is 43.5 Å². The van der Waals surface area contributed by atoms with Gasteiger partial charge in [0.05, 0.1) is 10.9 Å². The lowest BCUT2D eigenvalue weighted by atomic mass is 10.0. The van der Waals surface area contributed by atoms with Gasteiger partial charge in [-0.2, -0.15) is 0 Å². The molecule has 0 fully saturated rings. The molecule has 0 N–H and O–H groups in total. The zero-order chi connectivity index (χ0) is 14.7. The van der Waals surface area contributed by atoms with Gasteiger partial charge in [0, 0.05) is 9.50 Å². The van der Waals surface area contributed by atoms with E-state index in [4.69, 9.17) is 16.3 Å². The molecular weight excluding hydrogens is 403 g/mol. The second-order valence-corrected chi connectivity index (χ2v) is 6.97. The van der Waals surface area contributed by atoms with Crippen molar-refractivity contribution in [2.75, 3.05) is 0 Å². The van der Waals surface area contributed by atoms with E-state index >= 15 is 0 Å². The van der Waals surface area contributed by atoms with Crippen LogP contribution in [0.15, 0.2) is 46.9 Å². The molecule has 0 saturated heterocycles. The van der Waals surface area contributed by atoms with Crippen molar-refractivity contribution >= 4 is 43.5 Å². The first-order valence-corrected chi connectivity index (χ1v) is 8.41. The molecule has 0 aliphatic rings. The minimum absolute atomic E-state index is 0.113. The predicted octanol–water partition coefficient (Wildman–Crippen LogP) is 6.37. The molecule has 1 unspecified atom stereocenters. The second-order valence-electron chi connectivity index (χ2n) is 4.76. The number of ether oxygens (including phenoxy) is 1. The van der Waals surface area contributed by atoms with Crippen molar-refractivity contribution in [1.29, 1.82) is 0 Å². The average molecular weight is 419 g/mol. The number of hydrogen-bond acceptors (Lipinski definition) is 1. The summed E-state index contributed by atoms with van der Waals surface area (Å²) in [5.41, 5.74) is 2.32. The Labute approximate surface area is 141 Å². The normalized spacial score (nSPS) is 12.5. The Balaban J connectivity index is 2.22. The van der Waals surface area contributed by atoms with E-state index in [9.17, 15) is 0 Å². The summed E-state index contributed by atoms with van der Waals surface area (Å²) >= 11 is 13.3. The third kappa shape index (κ3) is 4.00. The summed E-state index contributed by atoms with van der Waals surface area (Å²) in [4.78, 5) is 0.113. The van der Waals surface area contributed by atoms with Crippen LogP contribution in [0.5, 0.6) is 5.75 Å². The van der Waals surface area contributed by atoms with Gasteiger partial charge < -0.3 is 4.74 Å². The van der Waals surface area contributed by atoms with Gasteiger partial charge in [-0.05, 0) is 49.2 Å². The monoisotopic (exact) mass is 416 g/mol. The van der Waals surface area contributed by atoms with Gasteiger partial charge in [-0.15, -0.1) is 0 Å². The minimum atomic E-state index is 0.113. The number of halogens is 3. The second kappa shape index (κ2) is 6.97. The zero-order valence-corrected chi connectivity index (χ0v) is 15.2. The lowest BCUT2D eigenvalue weighted by Gasteiger charge is -2.15. The van der Waals surface area contributed by atoms with E-state index in [1.54, 1.807) is 0 Å².